The Balaban J connectivity index is 1.67. The molecule has 0 unspecified atom stereocenters. The molecule has 156 valence electrons. The quantitative estimate of drug-likeness (QED) is 0.316. The average molecular weight is 462 g/mol. The molecule has 6 nitrogen and oxygen atoms in total. The molecule has 1 aromatic carbocycles. The predicted octanol–water partition coefficient (Wildman–Crippen LogP) is 3.92. The summed E-state index contributed by atoms with van der Waals surface area (Å²) >= 11 is 8.71. The molecule has 0 saturated carbocycles. The molecule has 1 saturated heterocycles. The largest absolute Gasteiger partial charge is 0.378 e. The highest BCUT2D eigenvalue weighted by Gasteiger charge is 2.20. The number of benzene rings is 1. The Morgan fingerprint density at radius 2 is 2.03 bits per heavy atom. The first kappa shape index (κ1) is 21.1. The minimum Gasteiger partial charge on any atom is -0.378 e. The third-order valence-electron chi connectivity index (χ3n) is 4.81. The fourth-order valence-electron chi connectivity index (χ4n) is 3.28. The number of halogens is 1. The van der Waals surface area contributed by atoms with Crippen molar-refractivity contribution in [3.63, 3.8) is 0 Å². The second-order valence-electron chi connectivity index (χ2n) is 6.72. The van der Waals surface area contributed by atoms with Crippen LogP contribution in [0.5, 0.6) is 0 Å². The van der Waals surface area contributed by atoms with Crippen LogP contribution in [0.15, 0.2) is 52.3 Å². The third kappa shape index (κ3) is 4.32. The van der Waals surface area contributed by atoms with Crippen molar-refractivity contribution in [3.8, 4) is 11.1 Å². The van der Waals surface area contributed by atoms with Crippen LogP contribution in [0, 0.1) is 0 Å². The van der Waals surface area contributed by atoms with Gasteiger partial charge in [0.25, 0.3) is 5.56 Å². The number of carbonyl (C=O) groups excluding carboxylic acids is 1. The Hall–Kier alpha value is -2.13. The van der Waals surface area contributed by atoms with E-state index in [1.54, 1.807) is 27.7 Å². The molecule has 0 spiro atoms. The zero-order valence-electron chi connectivity index (χ0n) is 16.2. The number of hydrogen-bond donors (Lipinski definition) is 0. The predicted molar refractivity (Wildman–Crippen MR) is 123 cm³/mol. The second kappa shape index (κ2) is 9.34. The van der Waals surface area contributed by atoms with Gasteiger partial charge in [-0.3, -0.25) is 14.2 Å². The summed E-state index contributed by atoms with van der Waals surface area (Å²) in [4.78, 5) is 33.0. The van der Waals surface area contributed by atoms with Gasteiger partial charge in [0.2, 0.25) is 5.91 Å². The van der Waals surface area contributed by atoms with E-state index in [9.17, 15) is 9.59 Å². The van der Waals surface area contributed by atoms with Gasteiger partial charge in [-0.05, 0) is 17.7 Å². The SMILES string of the molecule is C=CCn1c(SCC(=O)N2CCOCC2)nc2scc(-c3ccc(Cl)cc3)c2c1=O. The van der Waals surface area contributed by atoms with Crippen LogP contribution >= 0.6 is 34.7 Å². The maximum atomic E-state index is 13.3. The monoisotopic (exact) mass is 461 g/mol. The Bertz CT molecular complexity index is 1130. The van der Waals surface area contributed by atoms with Crippen LogP contribution in [0.3, 0.4) is 0 Å². The Morgan fingerprint density at radius 1 is 1.30 bits per heavy atom. The fraction of sp³-hybridized carbons (Fsp3) is 0.286. The van der Waals surface area contributed by atoms with Gasteiger partial charge in [-0.1, -0.05) is 41.6 Å². The van der Waals surface area contributed by atoms with E-state index in [0.29, 0.717) is 53.2 Å². The lowest BCUT2D eigenvalue weighted by molar-refractivity contribution is -0.132. The topological polar surface area (TPSA) is 64.4 Å². The summed E-state index contributed by atoms with van der Waals surface area (Å²) in [5, 5.41) is 3.68. The fourth-order valence-corrected chi connectivity index (χ4v) is 5.30. The normalized spacial score (nSPS) is 14.2. The van der Waals surface area contributed by atoms with Crippen molar-refractivity contribution < 1.29 is 9.53 Å². The number of fused-ring (bicyclic) bond motifs is 1. The number of allylic oxidation sites excluding steroid dienone is 1. The van der Waals surface area contributed by atoms with Gasteiger partial charge < -0.3 is 9.64 Å². The standard InChI is InChI=1S/C21H20ClN3O3S2/c1-2-7-25-20(27)18-16(14-3-5-15(22)6-4-14)12-29-19(18)23-21(25)30-13-17(26)24-8-10-28-11-9-24/h2-6,12H,1,7-11,13H2. The smallest absolute Gasteiger partial charge is 0.263 e. The summed E-state index contributed by atoms with van der Waals surface area (Å²) in [6.07, 6.45) is 1.66. The molecule has 1 fully saturated rings. The minimum absolute atomic E-state index is 0.0239. The zero-order valence-corrected chi connectivity index (χ0v) is 18.6. The molecule has 3 aromatic rings. The van der Waals surface area contributed by atoms with Gasteiger partial charge in [0, 0.05) is 35.6 Å². The molecule has 0 bridgehead atoms. The molecule has 0 atom stereocenters. The lowest BCUT2D eigenvalue weighted by atomic mass is 10.1. The van der Waals surface area contributed by atoms with Gasteiger partial charge in [0.15, 0.2) is 5.16 Å². The molecular weight excluding hydrogens is 442 g/mol. The average Bonchev–Trinajstić information content (AvgIpc) is 3.19. The van der Waals surface area contributed by atoms with Crippen molar-refractivity contribution in [1.29, 1.82) is 0 Å². The highest BCUT2D eigenvalue weighted by Crippen LogP contribution is 2.32. The second-order valence-corrected chi connectivity index (χ2v) is 8.95. The van der Waals surface area contributed by atoms with E-state index in [1.165, 1.54) is 23.1 Å². The number of nitrogens with zero attached hydrogens (tertiary/aromatic N) is 3. The Labute approximate surface area is 187 Å². The van der Waals surface area contributed by atoms with Crippen LogP contribution in [0.1, 0.15) is 0 Å². The molecule has 2 aromatic heterocycles. The zero-order chi connectivity index (χ0) is 21.1. The van der Waals surface area contributed by atoms with E-state index < -0.39 is 0 Å². The summed E-state index contributed by atoms with van der Waals surface area (Å²) in [6, 6.07) is 7.39. The van der Waals surface area contributed by atoms with Crippen LogP contribution in [0.4, 0.5) is 0 Å². The molecule has 1 aliphatic heterocycles. The summed E-state index contributed by atoms with van der Waals surface area (Å²) in [7, 11) is 0. The van der Waals surface area contributed by atoms with Crippen molar-refractivity contribution in [2.45, 2.75) is 11.7 Å². The van der Waals surface area contributed by atoms with Gasteiger partial charge in [-0.15, -0.1) is 17.9 Å². The first-order valence-corrected chi connectivity index (χ1v) is 11.7. The summed E-state index contributed by atoms with van der Waals surface area (Å²) in [6.45, 7) is 6.41. The van der Waals surface area contributed by atoms with E-state index in [4.69, 9.17) is 21.3 Å². The van der Waals surface area contributed by atoms with E-state index >= 15 is 0 Å². The molecular formula is C21H20ClN3O3S2. The van der Waals surface area contributed by atoms with Crippen molar-refractivity contribution in [2.75, 3.05) is 32.1 Å². The number of rotatable bonds is 6. The number of thioether (sulfide) groups is 1. The van der Waals surface area contributed by atoms with Crippen molar-refractivity contribution in [2.24, 2.45) is 0 Å². The van der Waals surface area contributed by atoms with E-state index in [2.05, 4.69) is 6.58 Å². The van der Waals surface area contributed by atoms with Crippen molar-refractivity contribution in [1.82, 2.24) is 14.5 Å². The molecule has 0 aliphatic carbocycles. The van der Waals surface area contributed by atoms with Gasteiger partial charge >= 0.3 is 0 Å². The number of thiophene rings is 1. The van der Waals surface area contributed by atoms with Crippen LogP contribution in [0.25, 0.3) is 21.3 Å². The summed E-state index contributed by atoms with van der Waals surface area (Å²) in [5.74, 6) is 0.251. The molecule has 4 rings (SSSR count). The first-order chi connectivity index (χ1) is 14.6. The number of hydrogen-bond acceptors (Lipinski definition) is 6. The van der Waals surface area contributed by atoms with Crippen molar-refractivity contribution in [3.05, 3.63) is 57.7 Å². The number of aromatic nitrogens is 2. The van der Waals surface area contributed by atoms with E-state index in [1.807, 2.05) is 17.5 Å². The van der Waals surface area contributed by atoms with Gasteiger partial charge in [0.05, 0.1) is 24.4 Å². The molecule has 1 amide bonds. The van der Waals surface area contributed by atoms with Gasteiger partial charge in [-0.2, -0.15) is 0 Å². The van der Waals surface area contributed by atoms with Crippen LogP contribution in [-0.2, 0) is 16.1 Å². The lowest BCUT2D eigenvalue weighted by Gasteiger charge is -2.26. The number of amides is 1. The highest BCUT2D eigenvalue weighted by molar-refractivity contribution is 7.99. The van der Waals surface area contributed by atoms with Gasteiger partial charge in [0.1, 0.15) is 4.83 Å². The van der Waals surface area contributed by atoms with E-state index in [0.717, 1.165) is 11.1 Å². The molecule has 3 heterocycles. The minimum atomic E-state index is -0.132. The Morgan fingerprint density at radius 3 is 2.73 bits per heavy atom. The van der Waals surface area contributed by atoms with Crippen LogP contribution < -0.4 is 5.56 Å². The summed E-state index contributed by atoms with van der Waals surface area (Å²) in [5.41, 5.74) is 1.62. The molecule has 0 radical (unpaired) electrons. The number of ether oxygens (including phenoxy) is 1. The van der Waals surface area contributed by atoms with E-state index in [-0.39, 0.29) is 17.2 Å². The van der Waals surface area contributed by atoms with Crippen molar-refractivity contribution >= 4 is 50.8 Å². The summed E-state index contributed by atoms with van der Waals surface area (Å²) < 4.78 is 6.88. The number of carbonyl (C=O) groups is 1. The Kier molecular flexibility index (Phi) is 6.58. The molecule has 1 aliphatic rings. The maximum Gasteiger partial charge on any atom is 0.263 e. The molecule has 0 N–H and O–H groups in total. The lowest BCUT2D eigenvalue weighted by Crippen LogP contribution is -2.41. The maximum absolute atomic E-state index is 13.3. The van der Waals surface area contributed by atoms with Crippen LogP contribution in [-0.4, -0.2) is 52.4 Å². The third-order valence-corrected chi connectivity index (χ3v) is 6.90. The highest BCUT2D eigenvalue weighted by atomic mass is 35.5. The first-order valence-electron chi connectivity index (χ1n) is 9.45. The molecule has 9 heteroatoms. The van der Waals surface area contributed by atoms with Gasteiger partial charge in [-0.25, -0.2) is 4.98 Å². The van der Waals surface area contributed by atoms with Crippen LogP contribution in [0.2, 0.25) is 5.02 Å². The molecule has 30 heavy (non-hydrogen) atoms. The number of morpholine rings is 1.